The van der Waals surface area contributed by atoms with Crippen LogP contribution in [0.4, 0.5) is 102 Å². The van der Waals surface area contributed by atoms with Crippen molar-refractivity contribution < 1.29 is 170 Å². The van der Waals surface area contributed by atoms with Gasteiger partial charge in [0.15, 0.2) is 17.2 Å². The number of azo groups is 6. The van der Waals surface area contributed by atoms with Gasteiger partial charge in [0.25, 0.3) is 0 Å². The number of aliphatic hydroxyl groups excluding tert-OH is 2. The summed E-state index contributed by atoms with van der Waals surface area (Å²) in [7, 11) is -22.6. The summed E-state index contributed by atoms with van der Waals surface area (Å²) < 4.78 is 164. The molecule has 0 unspecified atom stereocenters. The Morgan fingerprint density at radius 1 is 0.282 bits per heavy atom. The van der Waals surface area contributed by atoms with Crippen LogP contribution >= 0.6 is 0 Å². The normalized spacial score (nSPS) is 12.1. The Morgan fingerprint density at radius 3 is 0.761 bits per heavy atom. The molecule has 0 spiro atoms. The molecular weight excluding hydrogens is 1940 g/mol. The maximum atomic E-state index is 12.8. The molecule has 15 aromatic carbocycles. The third-order valence-corrected chi connectivity index (χ3v) is 28.2. The second-order valence-corrected chi connectivity index (χ2v) is 39.5. The molecule has 0 radical (unpaired) electrons. The van der Waals surface area contributed by atoms with Gasteiger partial charge < -0.3 is 55.1 Å². The van der Waals surface area contributed by atoms with E-state index in [2.05, 4.69) is 77.3 Å². The van der Waals surface area contributed by atoms with E-state index >= 15 is 0 Å². The second-order valence-electron chi connectivity index (χ2n) is 31.6. The summed E-state index contributed by atoms with van der Waals surface area (Å²) in [5.41, 5.74) is 12.2. The van der Waals surface area contributed by atoms with Crippen LogP contribution in [0.5, 0.6) is 17.2 Å². The first kappa shape index (κ1) is 112. The predicted octanol–water partition coefficient (Wildman–Crippen LogP) is 15.2. The maximum Gasteiger partial charge on any atom is 1.00 e. The first-order valence-corrected chi connectivity index (χ1v) is 49.9. The number of hydrogen-bond acceptors (Lipinski definition) is 33. The van der Waals surface area contributed by atoms with Crippen LogP contribution in [-0.4, -0.2) is 129 Å². The number of para-hydroxylation sites is 3. The molecule has 15 aromatic rings. The van der Waals surface area contributed by atoms with Gasteiger partial charge in [0, 0.05) is 76.5 Å². The molecule has 0 amide bonds. The van der Waals surface area contributed by atoms with E-state index in [1.165, 1.54) is 52.8 Å². The fourth-order valence-corrected chi connectivity index (χ4v) is 19.1. The topological polar surface area (TPSA) is 532 Å². The summed E-state index contributed by atoms with van der Waals surface area (Å²) in [6, 6.07) is 76.0. The molecule has 0 heterocycles. The summed E-state index contributed by atoms with van der Waals surface area (Å²) in [6.07, 6.45) is 0. The molecule has 142 heavy (non-hydrogen) atoms. The number of benzene rings is 15. The molecule has 0 bridgehead atoms. The SMILES string of the molecule is CCN(CC)S(=O)(=O)c1ccc(N=Nc2cc(C)c(N=Nc3c(S(=O)(=O)[O-])cc4cc(Nc5ccccc5)ccc4c3O)cc2C)cc1.Cc1cc(N=Nc2c(S(=O)(=O)[O-])cc3cc(Nc4ccccc4)ccc3c2O)c(C)cc1N=Nc1ccc(S(=O)(=O)N(CCO)CCO)cc1.Cc1ccc(N=Nc2cc(C)c(N=Nc3c(S(=O)(=O)[O-])cc4cc(Nc5ccccc5)ccc4c3O)cc2C)cc1.[Na+].[Na+].[Na+]. The molecule has 714 valence electrons. The molecule has 0 aliphatic carbocycles. The van der Waals surface area contributed by atoms with E-state index in [0.29, 0.717) is 125 Å². The van der Waals surface area contributed by atoms with Gasteiger partial charge >= 0.3 is 88.7 Å². The molecule has 0 fully saturated rings. The van der Waals surface area contributed by atoms with Crippen molar-refractivity contribution in [2.24, 2.45) is 61.4 Å². The quantitative estimate of drug-likeness (QED) is 0.0114. The number of anilines is 6. The minimum absolute atomic E-state index is 0. The molecule has 0 atom stereocenters. The van der Waals surface area contributed by atoms with Gasteiger partial charge in [0.1, 0.15) is 47.4 Å². The minimum atomic E-state index is -5.07. The summed E-state index contributed by atoms with van der Waals surface area (Å²) in [4.78, 5) is -1.96. The fraction of sp³-hybridized carbons (Fsp3) is 0.152. The monoisotopic (exact) mass is 2040 g/mol. The number of aromatic hydroxyl groups is 3. The zero-order valence-electron chi connectivity index (χ0n) is 79.1. The van der Waals surface area contributed by atoms with Gasteiger partial charge in [-0.3, -0.25) is 0 Å². The fourth-order valence-electron chi connectivity index (χ4n) is 14.3. The average molecular weight is 2040 g/mol. The van der Waals surface area contributed by atoms with E-state index in [-0.39, 0.29) is 122 Å². The van der Waals surface area contributed by atoms with Gasteiger partial charge in [-0.2, -0.15) is 54.6 Å². The number of sulfonamides is 2. The molecule has 0 saturated heterocycles. The van der Waals surface area contributed by atoms with Crippen LogP contribution in [0.25, 0.3) is 32.3 Å². The van der Waals surface area contributed by atoms with Crippen molar-refractivity contribution >= 4 is 185 Å². The minimum Gasteiger partial charge on any atom is -0.744 e. The summed E-state index contributed by atoms with van der Waals surface area (Å²) >= 11 is 0. The molecule has 0 aliphatic heterocycles. The molecule has 0 aromatic heterocycles. The summed E-state index contributed by atoms with van der Waals surface area (Å²) in [5.74, 6) is -1.46. The number of hydrogen-bond donors (Lipinski definition) is 8. The predicted molar refractivity (Wildman–Crippen MR) is 530 cm³/mol. The van der Waals surface area contributed by atoms with Crippen molar-refractivity contribution in [1.82, 2.24) is 8.61 Å². The number of phenolic OH excluding ortho intramolecular Hbond substituents is 3. The largest absolute Gasteiger partial charge is 1.00 e. The zero-order chi connectivity index (χ0) is 99.8. The summed E-state index contributed by atoms with van der Waals surface area (Å²) in [6.45, 7) is 15.8. The van der Waals surface area contributed by atoms with Crippen LogP contribution in [0.15, 0.2) is 359 Å². The molecule has 35 nitrogen and oxygen atoms in total. The Kier molecular flexibility index (Phi) is 38.8. The van der Waals surface area contributed by atoms with Gasteiger partial charge in [-0.25, -0.2) is 42.1 Å². The van der Waals surface area contributed by atoms with Crippen molar-refractivity contribution in [3.05, 3.63) is 312 Å². The maximum absolute atomic E-state index is 12.8. The van der Waals surface area contributed by atoms with Crippen molar-refractivity contribution in [3.8, 4) is 17.2 Å². The standard InChI is InChI=1S/C34H34N6O8S2.C34H34N6O6S2.C31H27N5O4S.3Na/c1-22-19-31(23(2)18-30(22)37-36-26-8-11-28(12-9-26)49(44,45)40(14-16-41)15-17-42)38-39-33-32(50(46,47)48)21-24-20-27(10-13-29(24)34(33)43)35-25-6-4-3-5-7-25;1-5-40(6-2)47(42,43)28-15-12-26(13-16-28)36-37-30-18-23(4)31(19-22(30)3)38-39-33-32(48(44,45)46)21-24-20-27(14-17-29(24)34(33)41)35-25-10-8-7-9-11-25;1-19-9-11-24(12-10-19)33-34-27-15-21(3)28(16-20(27)2)35-36-30-29(41(38,39)40)18-22-17-25(13-14-26(22)31(30)37)32-23-7-5-4-6-8-23;;;/h3-13,18-21,35,41-43H,14-17H2,1-2H3,(H,46,47,48);7-21,35,41H,5-6H2,1-4H3,(H,44,45,46);4-18,32,37H,1-3H3,(H,38,39,40);;;/q;;;3*+1/p-3. The Balaban J connectivity index is 0.000000218. The first-order valence-electron chi connectivity index (χ1n) is 42.8. The van der Waals surface area contributed by atoms with Crippen LogP contribution in [0.3, 0.4) is 0 Å². The number of fused-ring (bicyclic) bond motifs is 3. The zero-order valence-corrected chi connectivity index (χ0v) is 89.2. The number of aliphatic hydroxyl groups is 2. The Morgan fingerprint density at radius 2 is 0.521 bits per heavy atom. The number of nitrogens with one attached hydrogen (secondary N) is 3. The van der Waals surface area contributed by atoms with Gasteiger partial charge in [-0.15, -0.1) is 15.3 Å². The van der Waals surface area contributed by atoms with Gasteiger partial charge in [-0.1, -0.05) is 86.1 Å². The van der Waals surface area contributed by atoms with E-state index in [1.54, 1.807) is 152 Å². The van der Waals surface area contributed by atoms with E-state index in [1.807, 2.05) is 129 Å². The van der Waals surface area contributed by atoms with Crippen molar-refractivity contribution in [2.75, 3.05) is 55.3 Å². The third kappa shape index (κ3) is 28.1. The van der Waals surface area contributed by atoms with Crippen LogP contribution in [0.1, 0.15) is 52.8 Å². The van der Waals surface area contributed by atoms with Crippen LogP contribution in [0, 0.1) is 48.5 Å². The summed E-state index contributed by atoms with van der Waals surface area (Å²) in [5, 5.41) is 113. The molecule has 43 heteroatoms. The number of nitrogens with zero attached hydrogens (tertiary/aromatic N) is 14. The van der Waals surface area contributed by atoms with Crippen LogP contribution in [0.2, 0.25) is 0 Å². The number of phenols is 3. The van der Waals surface area contributed by atoms with Gasteiger partial charge in [0.05, 0.1) is 88.9 Å². The van der Waals surface area contributed by atoms with Crippen LogP contribution in [-0.2, 0) is 50.4 Å². The Bertz CT molecular complexity index is 7970. The second kappa shape index (κ2) is 49.3. The Hall–Kier alpha value is -12.1. The van der Waals surface area contributed by atoms with Crippen molar-refractivity contribution in [1.29, 1.82) is 0 Å². The molecule has 15 rings (SSSR count). The van der Waals surface area contributed by atoms with Gasteiger partial charge in [-0.05, 0) is 304 Å². The average Bonchev–Trinajstić information content (AvgIpc) is 0.754. The van der Waals surface area contributed by atoms with E-state index in [9.17, 15) is 81.3 Å². The molecular formula is C99H92N17Na3O18S5. The first-order chi connectivity index (χ1) is 66.2. The van der Waals surface area contributed by atoms with E-state index in [4.69, 9.17) is 0 Å². The third-order valence-electron chi connectivity index (χ3n) is 21.7. The van der Waals surface area contributed by atoms with E-state index in [0.717, 1.165) is 44.2 Å². The van der Waals surface area contributed by atoms with Crippen LogP contribution < -0.4 is 105 Å². The molecule has 0 aliphatic rings. The Labute approximate surface area is 887 Å². The number of rotatable bonds is 31. The molecule has 0 saturated carbocycles. The molecule has 8 N–H and O–H groups in total. The smallest absolute Gasteiger partial charge is 0.744 e. The van der Waals surface area contributed by atoms with E-state index < -0.39 is 113 Å². The van der Waals surface area contributed by atoms with Crippen molar-refractivity contribution in [3.63, 3.8) is 0 Å². The van der Waals surface area contributed by atoms with Crippen molar-refractivity contribution in [2.45, 2.75) is 86.8 Å². The number of aryl methyl sites for hydroxylation is 7. The van der Waals surface area contributed by atoms with Gasteiger partial charge in [0.2, 0.25) is 20.0 Å².